The number of nitrogens with one attached hydrogen (secondary N) is 2. The second kappa shape index (κ2) is 8.57. The van der Waals surface area contributed by atoms with Crippen molar-refractivity contribution >= 4 is 23.2 Å². The number of benzene rings is 1. The third-order valence-electron chi connectivity index (χ3n) is 4.04. The van der Waals surface area contributed by atoms with Gasteiger partial charge in [-0.2, -0.15) is 0 Å². The summed E-state index contributed by atoms with van der Waals surface area (Å²) in [5, 5.41) is 1.80. The maximum Gasteiger partial charge on any atom is 0.279 e. The zero-order valence-corrected chi connectivity index (χ0v) is 17.4. The Morgan fingerprint density at radius 3 is 2.22 bits per heavy atom. The Kier molecular flexibility index (Phi) is 6.65. The predicted molar refractivity (Wildman–Crippen MR) is 109 cm³/mol. The van der Waals surface area contributed by atoms with Crippen LogP contribution in [-0.4, -0.2) is 18.4 Å². The van der Waals surface area contributed by atoms with E-state index in [1.807, 2.05) is 24.3 Å². The van der Waals surface area contributed by atoms with E-state index in [1.54, 1.807) is 17.5 Å². The first-order valence-electron chi connectivity index (χ1n) is 8.93. The maximum absolute atomic E-state index is 11.8. The average molecular weight is 389 g/mol. The van der Waals surface area contributed by atoms with Crippen LogP contribution < -0.4 is 15.6 Å². The van der Waals surface area contributed by atoms with Gasteiger partial charge in [0.15, 0.2) is 6.61 Å². The molecule has 2 amide bonds. The fourth-order valence-electron chi connectivity index (χ4n) is 3.21. The fraction of sp³-hybridized carbons (Fsp3) is 0.429. The Labute approximate surface area is 165 Å². The molecule has 2 N–H and O–H groups in total. The highest BCUT2D eigenvalue weighted by Gasteiger charge is 2.27. The van der Waals surface area contributed by atoms with Crippen LogP contribution in [0.1, 0.15) is 56.3 Å². The summed E-state index contributed by atoms with van der Waals surface area (Å²) in [6.45, 7) is 11.0. The smallest absolute Gasteiger partial charge is 0.279 e. The van der Waals surface area contributed by atoms with Crippen molar-refractivity contribution in [1.29, 1.82) is 0 Å². The second-order valence-corrected chi connectivity index (χ2v) is 9.36. The van der Waals surface area contributed by atoms with E-state index in [2.05, 4.69) is 45.5 Å². The van der Waals surface area contributed by atoms with Crippen molar-refractivity contribution in [3.05, 3.63) is 52.2 Å². The summed E-state index contributed by atoms with van der Waals surface area (Å²) in [6, 6.07) is 11.3. The lowest BCUT2D eigenvalue weighted by Crippen LogP contribution is -2.43. The van der Waals surface area contributed by atoms with E-state index in [0.29, 0.717) is 10.6 Å². The molecule has 0 spiro atoms. The van der Waals surface area contributed by atoms with E-state index in [4.69, 9.17) is 4.74 Å². The van der Waals surface area contributed by atoms with Crippen molar-refractivity contribution in [1.82, 2.24) is 10.9 Å². The number of rotatable bonds is 6. The fourth-order valence-corrected chi connectivity index (χ4v) is 3.83. The number of ether oxygens (including phenoxy) is 1. The summed E-state index contributed by atoms with van der Waals surface area (Å²) in [5.74, 6) is -0.147. The third-order valence-corrected chi connectivity index (χ3v) is 4.91. The molecule has 27 heavy (non-hydrogen) atoms. The van der Waals surface area contributed by atoms with Crippen LogP contribution in [0.4, 0.5) is 0 Å². The number of carbonyl (C=O) groups excluding carboxylic acids is 2. The summed E-state index contributed by atoms with van der Waals surface area (Å²) in [5.41, 5.74) is 6.24. The lowest BCUT2D eigenvalue weighted by molar-refractivity contribution is -0.123. The van der Waals surface area contributed by atoms with E-state index < -0.39 is 5.91 Å². The molecule has 0 fully saturated rings. The van der Waals surface area contributed by atoms with Crippen molar-refractivity contribution in [2.75, 3.05) is 6.61 Å². The number of hydrogen-bond donors (Lipinski definition) is 2. The summed E-state index contributed by atoms with van der Waals surface area (Å²) in [4.78, 5) is 24.1. The molecule has 1 aromatic carbocycles. The zero-order valence-electron chi connectivity index (χ0n) is 16.6. The molecule has 0 radical (unpaired) electrons. The Balaban J connectivity index is 1.82. The lowest BCUT2D eigenvalue weighted by atomic mass is 9.72. The highest BCUT2D eigenvalue weighted by atomic mass is 32.1. The minimum atomic E-state index is -0.419. The molecule has 0 aliphatic rings. The number of amides is 2. The Hall–Kier alpha value is -2.34. The van der Waals surface area contributed by atoms with Gasteiger partial charge in [0, 0.05) is 0 Å². The zero-order chi connectivity index (χ0) is 20.1. The van der Waals surface area contributed by atoms with Crippen LogP contribution in [-0.2, 0) is 10.2 Å². The summed E-state index contributed by atoms with van der Waals surface area (Å²) < 4.78 is 5.50. The van der Waals surface area contributed by atoms with E-state index in [9.17, 15) is 9.59 Å². The summed E-state index contributed by atoms with van der Waals surface area (Å²) in [7, 11) is 0. The number of carbonyl (C=O) groups is 2. The van der Waals surface area contributed by atoms with Crippen LogP contribution in [0.5, 0.6) is 5.75 Å². The molecule has 1 heterocycles. The van der Waals surface area contributed by atoms with Gasteiger partial charge in [0.05, 0.1) is 4.88 Å². The molecule has 0 aliphatic carbocycles. The van der Waals surface area contributed by atoms with Crippen LogP contribution >= 0.6 is 11.3 Å². The standard InChI is InChI=1S/C21H28N2O3S/c1-20(2,3)14-21(4,5)15-8-10-16(11-9-15)26-13-18(24)22-23-19(25)17-7-6-12-27-17/h6-12H,13-14H2,1-5H3,(H,22,24)(H,23,25). The molecule has 2 aromatic rings. The minimum Gasteiger partial charge on any atom is -0.484 e. The van der Waals surface area contributed by atoms with Gasteiger partial charge in [-0.05, 0) is 46.4 Å². The van der Waals surface area contributed by atoms with Crippen molar-refractivity contribution in [2.45, 2.75) is 46.5 Å². The van der Waals surface area contributed by atoms with Crippen LogP contribution in [0.15, 0.2) is 41.8 Å². The van der Waals surface area contributed by atoms with Gasteiger partial charge in [-0.3, -0.25) is 20.4 Å². The van der Waals surface area contributed by atoms with Crippen LogP contribution in [0.25, 0.3) is 0 Å². The normalized spacial score (nSPS) is 11.7. The quantitative estimate of drug-likeness (QED) is 0.725. The van der Waals surface area contributed by atoms with Crippen molar-refractivity contribution in [3.8, 4) is 5.75 Å². The third kappa shape index (κ3) is 6.71. The van der Waals surface area contributed by atoms with E-state index in [0.717, 1.165) is 6.42 Å². The first-order valence-corrected chi connectivity index (χ1v) is 9.81. The first-order chi connectivity index (χ1) is 12.6. The monoisotopic (exact) mass is 388 g/mol. The Morgan fingerprint density at radius 2 is 1.67 bits per heavy atom. The van der Waals surface area contributed by atoms with E-state index >= 15 is 0 Å². The number of thiophene rings is 1. The molecule has 0 bridgehead atoms. The Bertz CT molecular complexity index is 760. The van der Waals surface area contributed by atoms with Gasteiger partial charge in [-0.25, -0.2) is 0 Å². The predicted octanol–water partition coefficient (Wildman–Crippen LogP) is 4.30. The molecule has 0 unspecified atom stereocenters. The molecule has 146 valence electrons. The molecule has 0 atom stereocenters. The molecule has 0 aliphatic heterocycles. The SMILES string of the molecule is CC(C)(C)CC(C)(C)c1ccc(OCC(=O)NNC(=O)c2cccs2)cc1. The van der Waals surface area contributed by atoms with Gasteiger partial charge in [0.25, 0.3) is 11.8 Å². The van der Waals surface area contributed by atoms with Crippen LogP contribution in [0.2, 0.25) is 0 Å². The molecule has 0 saturated carbocycles. The van der Waals surface area contributed by atoms with Crippen LogP contribution in [0, 0.1) is 5.41 Å². The lowest BCUT2D eigenvalue weighted by Gasteiger charge is -2.33. The second-order valence-electron chi connectivity index (χ2n) is 8.41. The molecule has 2 rings (SSSR count). The van der Waals surface area contributed by atoms with Gasteiger partial charge < -0.3 is 4.74 Å². The van der Waals surface area contributed by atoms with E-state index in [1.165, 1.54) is 16.9 Å². The topological polar surface area (TPSA) is 67.4 Å². The van der Waals surface area contributed by atoms with Gasteiger partial charge in [0.2, 0.25) is 0 Å². The van der Waals surface area contributed by atoms with Crippen molar-refractivity contribution in [2.24, 2.45) is 5.41 Å². The molecule has 5 nitrogen and oxygen atoms in total. The summed E-state index contributed by atoms with van der Waals surface area (Å²) >= 11 is 1.30. The van der Waals surface area contributed by atoms with Crippen molar-refractivity contribution in [3.63, 3.8) is 0 Å². The Morgan fingerprint density at radius 1 is 1.00 bits per heavy atom. The molecule has 1 aromatic heterocycles. The molecular formula is C21H28N2O3S. The van der Waals surface area contributed by atoms with E-state index in [-0.39, 0.29) is 23.3 Å². The molecule has 6 heteroatoms. The average Bonchev–Trinajstić information content (AvgIpc) is 3.11. The number of hydrogen-bond acceptors (Lipinski definition) is 4. The molecule has 0 saturated heterocycles. The highest BCUT2D eigenvalue weighted by Crippen LogP contribution is 2.36. The first kappa shape index (κ1) is 21.0. The maximum atomic E-state index is 11.8. The van der Waals surface area contributed by atoms with Gasteiger partial charge in [0.1, 0.15) is 5.75 Å². The molecular weight excluding hydrogens is 360 g/mol. The number of hydrazine groups is 1. The minimum absolute atomic E-state index is 0.0558. The van der Waals surface area contributed by atoms with Gasteiger partial charge in [-0.15, -0.1) is 11.3 Å². The van der Waals surface area contributed by atoms with Crippen molar-refractivity contribution < 1.29 is 14.3 Å². The highest BCUT2D eigenvalue weighted by molar-refractivity contribution is 7.12. The van der Waals surface area contributed by atoms with Gasteiger partial charge in [-0.1, -0.05) is 52.8 Å². The van der Waals surface area contributed by atoms with Crippen LogP contribution in [0.3, 0.4) is 0 Å². The summed E-state index contributed by atoms with van der Waals surface area (Å²) in [6.07, 6.45) is 1.06. The largest absolute Gasteiger partial charge is 0.484 e. The van der Waals surface area contributed by atoms with Gasteiger partial charge >= 0.3 is 0 Å².